The first-order valence-corrected chi connectivity index (χ1v) is 8.68. The molecule has 0 spiro atoms. The summed E-state index contributed by atoms with van der Waals surface area (Å²) in [6.45, 7) is 9.55. The molecule has 0 aliphatic rings. The molecule has 4 aromatic rings. The van der Waals surface area contributed by atoms with E-state index in [-0.39, 0.29) is 0 Å². The molecule has 0 N–H and O–H groups in total. The van der Waals surface area contributed by atoms with Crippen LogP contribution < -0.4 is 0 Å². The molecule has 0 saturated heterocycles. The van der Waals surface area contributed by atoms with E-state index in [0.717, 1.165) is 16.0 Å². The van der Waals surface area contributed by atoms with Crippen molar-refractivity contribution in [3.8, 4) is 21.3 Å². The average Bonchev–Trinajstić information content (AvgIpc) is 3.40. The van der Waals surface area contributed by atoms with Crippen LogP contribution >= 0.6 is 11.3 Å². The highest BCUT2D eigenvalue weighted by Gasteiger charge is 2.17. The van der Waals surface area contributed by atoms with Gasteiger partial charge in [-0.3, -0.25) is 9.98 Å². The third-order valence-corrected chi connectivity index (χ3v) is 4.56. The number of pyridine rings is 2. The molecule has 0 fully saturated rings. The van der Waals surface area contributed by atoms with Gasteiger partial charge in [0.1, 0.15) is 10.7 Å². The Labute approximate surface area is 159 Å². The monoisotopic (exact) mass is 376 g/mol. The molecule has 0 unspecified atom stereocenters. The molecule has 7 nitrogen and oxygen atoms in total. The van der Waals surface area contributed by atoms with Gasteiger partial charge in [0.2, 0.25) is 0 Å². The van der Waals surface area contributed by atoms with Crippen LogP contribution in [0.25, 0.3) is 32.2 Å². The summed E-state index contributed by atoms with van der Waals surface area (Å²) in [5.74, 6) is 0.416. The minimum Gasteiger partial charge on any atom is -0.462 e. The molecular formula is C19H16N6OS. The standard InChI is InChI=1S/C17H12N6OS.C2H4/c1-18-15(19-2)13-14-10(5-7-24-14)8-12(21-13)17-23-22-16(25-17)11-4-3-6-20-9-11;1-2/h3-9H,1H2,2H3;1-2H2. The van der Waals surface area contributed by atoms with E-state index >= 15 is 0 Å². The molecule has 4 aromatic heterocycles. The van der Waals surface area contributed by atoms with E-state index in [4.69, 9.17) is 4.42 Å². The first-order chi connectivity index (χ1) is 13.3. The van der Waals surface area contributed by atoms with Crippen LogP contribution in [0.15, 0.2) is 70.5 Å². The third kappa shape index (κ3) is 3.56. The zero-order valence-corrected chi connectivity index (χ0v) is 15.5. The summed E-state index contributed by atoms with van der Waals surface area (Å²) in [4.78, 5) is 16.8. The second kappa shape index (κ2) is 8.24. The Kier molecular flexibility index (Phi) is 5.58. The SMILES string of the molecule is C=C.C=NC(=NC)c1nc(-c2nnc(-c3cccnc3)s2)cc2ccoc12. The van der Waals surface area contributed by atoms with Crippen LogP contribution in [0.3, 0.4) is 0 Å². The summed E-state index contributed by atoms with van der Waals surface area (Å²) in [6, 6.07) is 7.58. The molecule has 27 heavy (non-hydrogen) atoms. The largest absolute Gasteiger partial charge is 0.462 e. The Balaban J connectivity index is 0.00000102. The molecule has 0 aliphatic carbocycles. The molecule has 0 bridgehead atoms. The van der Waals surface area contributed by atoms with Crippen molar-refractivity contribution in [3.05, 3.63) is 61.8 Å². The Morgan fingerprint density at radius 1 is 1.19 bits per heavy atom. The van der Waals surface area contributed by atoms with Crippen molar-refractivity contribution in [1.82, 2.24) is 20.2 Å². The Bertz CT molecular complexity index is 1100. The van der Waals surface area contributed by atoms with Gasteiger partial charge in [-0.15, -0.1) is 23.4 Å². The van der Waals surface area contributed by atoms with Gasteiger partial charge in [0.15, 0.2) is 22.1 Å². The molecule has 0 aliphatic heterocycles. The minimum absolute atomic E-state index is 0.416. The van der Waals surface area contributed by atoms with E-state index in [1.165, 1.54) is 11.3 Å². The van der Waals surface area contributed by atoms with Crippen LogP contribution in [0.5, 0.6) is 0 Å². The molecule has 0 saturated carbocycles. The first kappa shape index (κ1) is 18.3. The fraction of sp³-hybridized carbons (Fsp3) is 0.0526. The second-order valence-electron chi connectivity index (χ2n) is 5.05. The van der Waals surface area contributed by atoms with Gasteiger partial charge < -0.3 is 4.42 Å². The van der Waals surface area contributed by atoms with Gasteiger partial charge in [-0.1, -0.05) is 11.3 Å². The maximum atomic E-state index is 5.53. The first-order valence-electron chi connectivity index (χ1n) is 7.86. The summed E-state index contributed by atoms with van der Waals surface area (Å²) >= 11 is 1.44. The fourth-order valence-electron chi connectivity index (χ4n) is 2.42. The predicted octanol–water partition coefficient (Wildman–Crippen LogP) is 4.29. The zero-order valence-electron chi connectivity index (χ0n) is 14.7. The van der Waals surface area contributed by atoms with Crippen molar-refractivity contribution in [3.63, 3.8) is 0 Å². The number of hydrogen-bond donors (Lipinski definition) is 0. The Hall–Kier alpha value is -3.52. The van der Waals surface area contributed by atoms with Crippen LogP contribution in [0.2, 0.25) is 0 Å². The van der Waals surface area contributed by atoms with Crippen LogP contribution in [0.1, 0.15) is 5.69 Å². The van der Waals surface area contributed by atoms with Gasteiger partial charge in [-0.05, 0) is 31.0 Å². The summed E-state index contributed by atoms with van der Waals surface area (Å²) in [6.07, 6.45) is 5.09. The van der Waals surface area contributed by atoms with E-state index in [0.29, 0.717) is 27.8 Å². The van der Waals surface area contributed by atoms with E-state index in [2.05, 4.69) is 50.0 Å². The summed E-state index contributed by atoms with van der Waals surface area (Å²) in [5, 5.41) is 10.9. The van der Waals surface area contributed by atoms with Crippen molar-refractivity contribution in [2.24, 2.45) is 9.98 Å². The molecule has 0 atom stereocenters. The molecule has 4 heterocycles. The quantitative estimate of drug-likeness (QED) is 0.302. The number of fused-ring (bicyclic) bond motifs is 1. The van der Waals surface area contributed by atoms with Gasteiger partial charge >= 0.3 is 0 Å². The van der Waals surface area contributed by atoms with Crippen molar-refractivity contribution in [2.75, 3.05) is 7.05 Å². The number of nitrogens with zero attached hydrogens (tertiary/aromatic N) is 6. The number of aromatic nitrogens is 4. The van der Waals surface area contributed by atoms with Crippen LogP contribution in [-0.2, 0) is 0 Å². The average molecular weight is 376 g/mol. The van der Waals surface area contributed by atoms with Crippen LogP contribution in [0, 0.1) is 0 Å². The summed E-state index contributed by atoms with van der Waals surface area (Å²) in [7, 11) is 1.64. The molecule has 134 valence electrons. The maximum Gasteiger partial charge on any atom is 0.176 e. The number of aliphatic imine (C=N–C) groups is 2. The molecule has 4 rings (SSSR count). The Morgan fingerprint density at radius 3 is 2.70 bits per heavy atom. The number of furan rings is 1. The van der Waals surface area contributed by atoms with Gasteiger partial charge in [0.25, 0.3) is 0 Å². The number of amidine groups is 1. The third-order valence-electron chi connectivity index (χ3n) is 3.56. The highest BCUT2D eigenvalue weighted by Crippen LogP contribution is 2.31. The lowest BCUT2D eigenvalue weighted by molar-refractivity contribution is 0.613. The molecular weight excluding hydrogens is 360 g/mol. The van der Waals surface area contributed by atoms with E-state index in [9.17, 15) is 0 Å². The molecule has 0 radical (unpaired) electrons. The van der Waals surface area contributed by atoms with Crippen molar-refractivity contribution < 1.29 is 4.42 Å². The van der Waals surface area contributed by atoms with Gasteiger partial charge in [0, 0.05) is 30.4 Å². The van der Waals surface area contributed by atoms with Gasteiger partial charge in [0.05, 0.1) is 6.26 Å². The lowest BCUT2D eigenvalue weighted by Crippen LogP contribution is -2.02. The van der Waals surface area contributed by atoms with Crippen molar-refractivity contribution >= 4 is 34.9 Å². The zero-order chi connectivity index (χ0) is 19.2. The number of hydrogen-bond acceptors (Lipinski definition) is 7. The maximum absolute atomic E-state index is 5.53. The second-order valence-corrected chi connectivity index (χ2v) is 6.03. The lowest BCUT2D eigenvalue weighted by Gasteiger charge is -2.03. The highest BCUT2D eigenvalue weighted by atomic mass is 32.1. The van der Waals surface area contributed by atoms with Crippen LogP contribution in [-0.4, -0.2) is 39.8 Å². The smallest absolute Gasteiger partial charge is 0.176 e. The van der Waals surface area contributed by atoms with Gasteiger partial charge in [-0.2, -0.15) is 0 Å². The van der Waals surface area contributed by atoms with E-state index in [1.54, 1.807) is 25.7 Å². The minimum atomic E-state index is 0.416. The molecule has 8 heteroatoms. The summed E-state index contributed by atoms with van der Waals surface area (Å²) in [5.41, 5.74) is 2.75. The predicted molar refractivity (Wildman–Crippen MR) is 109 cm³/mol. The normalized spacial score (nSPS) is 11.1. The van der Waals surface area contributed by atoms with Crippen LogP contribution in [0.4, 0.5) is 0 Å². The lowest BCUT2D eigenvalue weighted by atomic mass is 10.2. The fourth-order valence-corrected chi connectivity index (χ4v) is 3.22. The molecule has 0 aromatic carbocycles. The summed E-state index contributed by atoms with van der Waals surface area (Å²) < 4.78 is 5.53. The van der Waals surface area contributed by atoms with E-state index < -0.39 is 0 Å². The van der Waals surface area contributed by atoms with Crippen molar-refractivity contribution in [1.29, 1.82) is 0 Å². The van der Waals surface area contributed by atoms with Gasteiger partial charge in [-0.25, -0.2) is 9.98 Å². The van der Waals surface area contributed by atoms with Crippen molar-refractivity contribution in [2.45, 2.75) is 0 Å². The molecule has 0 amide bonds. The topological polar surface area (TPSA) is 89.4 Å². The Morgan fingerprint density at radius 2 is 2.00 bits per heavy atom. The highest BCUT2D eigenvalue weighted by molar-refractivity contribution is 7.17. The number of rotatable bonds is 3. The van der Waals surface area contributed by atoms with E-state index in [1.807, 2.05) is 24.3 Å².